The molecule has 1 aromatic rings. The van der Waals surface area contributed by atoms with E-state index < -0.39 is 0 Å². The Kier molecular flexibility index (Phi) is 7.53. The maximum atomic E-state index is 5.45. The van der Waals surface area contributed by atoms with Crippen LogP contribution in [0.1, 0.15) is 43.4 Å². The summed E-state index contributed by atoms with van der Waals surface area (Å²) < 4.78 is 10.5. The number of benzene rings is 1. The van der Waals surface area contributed by atoms with Crippen molar-refractivity contribution >= 4 is 0 Å². The second-order valence-electron chi connectivity index (χ2n) is 4.97. The molecule has 108 valence electrons. The van der Waals surface area contributed by atoms with Crippen molar-refractivity contribution in [3.8, 4) is 5.75 Å². The summed E-state index contributed by atoms with van der Waals surface area (Å²) in [6.07, 6.45) is 3.53. The maximum absolute atomic E-state index is 5.45. The van der Waals surface area contributed by atoms with Crippen LogP contribution in [0.15, 0.2) is 18.2 Å². The van der Waals surface area contributed by atoms with E-state index in [1.54, 1.807) is 14.2 Å². The molecule has 1 N–H and O–H groups in total. The van der Waals surface area contributed by atoms with Crippen molar-refractivity contribution in [1.29, 1.82) is 0 Å². The van der Waals surface area contributed by atoms with Gasteiger partial charge < -0.3 is 14.8 Å². The number of rotatable bonds is 9. The van der Waals surface area contributed by atoms with Crippen molar-refractivity contribution in [2.75, 3.05) is 27.4 Å². The van der Waals surface area contributed by atoms with Gasteiger partial charge >= 0.3 is 0 Å². The first-order valence-electron chi connectivity index (χ1n) is 7.06. The van der Waals surface area contributed by atoms with E-state index in [2.05, 4.69) is 37.4 Å². The summed E-state index contributed by atoms with van der Waals surface area (Å²) in [7, 11) is 3.49. The topological polar surface area (TPSA) is 30.5 Å². The third-order valence-corrected chi connectivity index (χ3v) is 3.33. The minimum Gasteiger partial charge on any atom is -0.496 e. The number of hydrogen-bond acceptors (Lipinski definition) is 3. The molecule has 0 radical (unpaired) electrons. The summed E-state index contributed by atoms with van der Waals surface area (Å²) >= 11 is 0. The first-order valence-corrected chi connectivity index (χ1v) is 7.06. The molecular formula is C16H27NO2. The van der Waals surface area contributed by atoms with Crippen LogP contribution < -0.4 is 10.1 Å². The average molecular weight is 265 g/mol. The molecule has 0 aromatic heterocycles. The van der Waals surface area contributed by atoms with E-state index in [1.807, 2.05) is 0 Å². The minimum atomic E-state index is 0.318. The Hall–Kier alpha value is -1.06. The highest BCUT2D eigenvalue weighted by atomic mass is 16.5. The number of ether oxygens (including phenoxy) is 2. The molecule has 0 aliphatic heterocycles. The Morgan fingerprint density at radius 1 is 1.16 bits per heavy atom. The molecule has 0 spiro atoms. The molecule has 0 saturated carbocycles. The average Bonchev–Trinajstić information content (AvgIpc) is 2.42. The second kappa shape index (κ2) is 8.94. The van der Waals surface area contributed by atoms with E-state index in [0.29, 0.717) is 6.04 Å². The molecule has 0 amide bonds. The molecule has 1 rings (SSSR count). The van der Waals surface area contributed by atoms with Crippen molar-refractivity contribution in [3.63, 3.8) is 0 Å². The van der Waals surface area contributed by atoms with E-state index >= 15 is 0 Å². The van der Waals surface area contributed by atoms with E-state index in [9.17, 15) is 0 Å². The van der Waals surface area contributed by atoms with Crippen LogP contribution in [0.5, 0.6) is 5.75 Å². The van der Waals surface area contributed by atoms with E-state index in [-0.39, 0.29) is 0 Å². The monoisotopic (exact) mass is 265 g/mol. The highest BCUT2D eigenvalue weighted by molar-refractivity contribution is 5.38. The predicted octanol–water partition coefficient (Wildman–Crippen LogP) is 3.47. The Balaban J connectivity index is 2.38. The highest BCUT2D eigenvalue weighted by Crippen LogP contribution is 2.25. The van der Waals surface area contributed by atoms with Crippen molar-refractivity contribution in [3.05, 3.63) is 29.3 Å². The number of hydrogen-bond donors (Lipinski definition) is 1. The number of aryl methyl sites for hydroxylation is 1. The van der Waals surface area contributed by atoms with Gasteiger partial charge in [0.1, 0.15) is 5.75 Å². The fraction of sp³-hybridized carbons (Fsp3) is 0.625. The van der Waals surface area contributed by atoms with Crippen molar-refractivity contribution in [2.24, 2.45) is 0 Å². The molecule has 1 unspecified atom stereocenters. The van der Waals surface area contributed by atoms with Gasteiger partial charge in [0.25, 0.3) is 0 Å². The molecule has 0 saturated heterocycles. The van der Waals surface area contributed by atoms with Crippen LogP contribution in [-0.2, 0) is 4.74 Å². The number of nitrogens with one attached hydrogen (secondary N) is 1. The largest absolute Gasteiger partial charge is 0.496 e. The number of methoxy groups -OCH3 is 2. The van der Waals surface area contributed by atoms with Crippen LogP contribution >= 0.6 is 0 Å². The van der Waals surface area contributed by atoms with Gasteiger partial charge in [-0.2, -0.15) is 0 Å². The lowest BCUT2D eigenvalue weighted by molar-refractivity contribution is 0.192. The van der Waals surface area contributed by atoms with Gasteiger partial charge in [0, 0.05) is 25.3 Å². The van der Waals surface area contributed by atoms with Crippen molar-refractivity contribution < 1.29 is 9.47 Å². The van der Waals surface area contributed by atoms with E-state index in [0.717, 1.165) is 25.3 Å². The third kappa shape index (κ3) is 5.62. The van der Waals surface area contributed by atoms with Crippen molar-refractivity contribution in [1.82, 2.24) is 5.32 Å². The van der Waals surface area contributed by atoms with Crippen LogP contribution in [0.3, 0.4) is 0 Å². The zero-order valence-corrected chi connectivity index (χ0v) is 12.7. The molecule has 0 aliphatic carbocycles. The molecule has 0 bridgehead atoms. The fourth-order valence-corrected chi connectivity index (χ4v) is 2.15. The van der Waals surface area contributed by atoms with Gasteiger partial charge in [0.05, 0.1) is 7.11 Å². The molecule has 3 nitrogen and oxygen atoms in total. The van der Waals surface area contributed by atoms with Crippen molar-refractivity contribution in [2.45, 2.75) is 39.2 Å². The van der Waals surface area contributed by atoms with Gasteiger partial charge in [-0.25, -0.2) is 0 Å². The lowest BCUT2D eigenvalue weighted by Gasteiger charge is -2.17. The lowest BCUT2D eigenvalue weighted by Crippen LogP contribution is -2.20. The Morgan fingerprint density at radius 3 is 2.63 bits per heavy atom. The Morgan fingerprint density at radius 2 is 1.95 bits per heavy atom. The van der Waals surface area contributed by atoms with Gasteiger partial charge in [-0.1, -0.05) is 12.1 Å². The highest BCUT2D eigenvalue weighted by Gasteiger charge is 2.10. The lowest BCUT2D eigenvalue weighted by atomic mass is 10.0. The van der Waals surface area contributed by atoms with Crippen LogP contribution in [0.2, 0.25) is 0 Å². The van der Waals surface area contributed by atoms with Crippen LogP contribution in [0.25, 0.3) is 0 Å². The third-order valence-electron chi connectivity index (χ3n) is 3.33. The zero-order valence-electron chi connectivity index (χ0n) is 12.7. The molecule has 1 aromatic carbocycles. The SMILES string of the molecule is COCCCCCNC(C)c1ccc(C)cc1OC. The Bertz CT molecular complexity index is 366. The Labute approximate surface area is 117 Å². The quantitative estimate of drug-likeness (QED) is 0.693. The first-order chi connectivity index (χ1) is 9.19. The standard InChI is InChI=1S/C16H27NO2/c1-13-8-9-15(16(12-13)19-4)14(2)17-10-6-5-7-11-18-3/h8-9,12,14,17H,5-7,10-11H2,1-4H3. The molecule has 3 heteroatoms. The molecule has 0 aliphatic rings. The van der Waals surface area contributed by atoms with E-state index in [1.165, 1.54) is 24.0 Å². The summed E-state index contributed by atoms with van der Waals surface area (Å²) in [5, 5.41) is 3.55. The summed E-state index contributed by atoms with van der Waals surface area (Å²) in [5.74, 6) is 0.972. The summed E-state index contributed by atoms with van der Waals surface area (Å²) in [6.45, 7) is 6.16. The molecule has 0 heterocycles. The summed E-state index contributed by atoms with van der Waals surface area (Å²) in [6, 6.07) is 6.69. The smallest absolute Gasteiger partial charge is 0.123 e. The molecule has 0 fully saturated rings. The fourth-order valence-electron chi connectivity index (χ4n) is 2.15. The van der Waals surface area contributed by atoms with Gasteiger partial charge in [-0.3, -0.25) is 0 Å². The minimum absolute atomic E-state index is 0.318. The molecular weight excluding hydrogens is 238 g/mol. The first kappa shape index (κ1) is 16.0. The summed E-state index contributed by atoms with van der Waals surface area (Å²) in [5.41, 5.74) is 2.46. The number of unbranched alkanes of at least 4 members (excludes halogenated alkanes) is 2. The molecule has 1 atom stereocenters. The second-order valence-corrected chi connectivity index (χ2v) is 4.97. The normalized spacial score (nSPS) is 12.4. The maximum Gasteiger partial charge on any atom is 0.123 e. The van der Waals surface area contributed by atoms with Crippen LogP contribution in [-0.4, -0.2) is 27.4 Å². The van der Waals surface area contributed by atoms with Gasteiger partial charge in [0.15, 0.2) is 0 Å². The van der Waals surface area contributed by atoms with Crippen LogP contribution in [0, 0.1) is 6.92 Å². The molecule has 19 heavy (non-hydrogen) atoms. The van der Waals surface area contributed by atoms with Gasteiger partial charge in [-0.05, 0) is 51.3 Å². The predicted molar refractivity (Wildman–Crippen MR) is 79.9 cm³/mol. The summed E-state index contributed by atoms with van der Waals surface area (Å²) in [4.78, 5) is 0. The zero-order chi connectivity index (χ0) is 14.1. The van der Waals surface area contributed by atoms with Crippen LogP contribution in [0.4, 0.5) is 0 Å². The van der Waals surface area contributed by atoms with Gasteiger partial charge in [-0.15, -0.1) is 0 Å². The van der Waals surface area contributed by atoms with Gasteiger partial charge in [0.2, 0.25) is 0 Å². The van der Waals surface area contributed by atoms with E-state index in [4.69, 9.17) is 9.47 Å².